The minimum atomic E-state index is 0.780. The second kappa shape index (κ2) is 6.70. The molecule has 0 amide bonds. The van der Waals surface area contributed by atoms with Crippen molar-refractivity contribution in [2.24, 2.45) is 0 Å². The van der Waals surface area contributed by atoms with E-state index >= 15 is 0 Å². The first-order chi connectivity index (χ1) is 9.26. The van der Waals surface area contributed by atoms with Crippen LogP contribution in [0.3, 0.4) is 0 Å². The number of nitrogens with zero attached hydrogens (tertiary/aromatic N) is 3. The summed E-state index contributed by atoms with van der Waals surface area (Å²) in [5.41, 5.74) is 1.15. The number of rotatable bonds is 5. The number of hydrogen-bond donors (Lipinski definition) is 1. The number of ether oxygens (including phenoxy) is 1. The van der Waals surface area contributed by atoms with E-state index in [-0.39, 0.29) is 0 Å². The zero-order chi connectivity index (χ0) is 13.7. The summed E-state index contributed by atoms with van der Waals surface area (Å²) in [5.74, 6) is 2.95. The lowest BCUT2D eigenvalue weighted by Crippen LogP contribution is -2.37. The average Bonchev–Trinajstić information content (AvgIpc) is 2.47. The Morgan fingerprint density at radius 1 is 1.21 bits per heavy atom. The van der Waals surface area contributed by atoms with Gasteiger partial charge in [-0.1, -0.05) is 13.8 Å². The van der Waals surface area contributed by atoms with Crippen LogP contribution >= 0.6 is 0 Å². The lowest BCUT2D eigenvalue weighted by molar-refractivity contribution is 0.122. The van der Waals surface area contributed by atoms with E-state index in [9.17, 15) is 0 Å². The monoisotopic (exact) mass is 264 g/mol. The molecular formula is C14H24N4O. The van der Waals surface area contributed by atoms with E-state index in [1.807, 2.05) is 0 Å². The molecule has 5 nitrogen and oxygen atoms in total. The molecule has 1 aromatic rings. The summed E-state index contributed by atoms with van der Waals surface area (Å²) in [7, 11) is 0. The quantitative estimate of drug-likeness (QED) is 0.881. The van der Waals surface area contributed by atoms with Crippen LogP contribution in [0.25, 0.3) is 0 Å². The zero-order valence-electron chi connectivity index (χ0n) is 12.2. The van der Waals surface area contributed by atoms with Crippen molar-refractivity contribution < 1.29 is 4.74 Å². The summed E-state index contributed by atoms with van der Waals surface area (Å²) in [6, 6.07) is 0. The highest BCUT2D eigenvalue weighted by Crippen LogP contribution is 2.24. The van der Waals surface area contributed by atoms with Gasteiger partial charge in [-0.25, -0.2) is 9.97 Å². The fourth-order valence-corrected chi connectivity index (χ4v) is 2.21. The lowest BCUT2D eigenvalue weighted by Gasteiger charge is -2.29. The Kier molecular flexibility index (Phi) is 4.96. The maximum absolute atomic E-state index is 5.41. The molecule has 2 heterocycles. The van der Waals surface area contributed by atoms with Crippen LogP contribution < -0.4 is 10.2 Å². The fraction of sp³-hybridized carbons (Fsp3) is 0.714. The zero-order valence-corrected chi connectivity index (χ0v) is 12.2. The van der Waals surface area contributed by atoms with Crippen molar-refractivity contribution >= 4 is 11.6 Å². The van der Waals surface area contributed by atoms with Crippen LogP contribution in [-0.2, 0) is 11.2 Å². The standard InChI is InChI=1S/C14H24N4O/c1-4-6-15-13-11(3)14(17-12(5-2)16-13)18-7-9-19-10-8-18/h4-10H2,1-3H3,(H,15,16,17). The normalized spacial score (nSPS) is 15.6. The van der Waals surface area contributed by atoms with Gasteiger partial charge in [-0.05, 0) is 13.3 Å². The molecule has 1 fully saturated rings. The predicted octanol–water partition coefficient (Wildman–Crippen LogP) is 2.01. The molecule has 0 unspecified atom stereocenters. The van der Waals surface area contributed by atoms with Crippen LogP contribution in [0.5, 0.6) is 0 Å². The van der Waals surface area contributed by atoms with E-state index < -0.39 is 0 Å². The highest BCUT2D eigenvalue weighted by Gasteiger charge is 2.18. The smallest absolute Gasteiger partial charge is 0.137 e. The average molecular weight is 264 g/mol. The fourth-order valence-electron chi connectivity index (χ4n) is 2.21. The van der Waals surface area contributed by atoms with Gasteiger partial charge in [-0.3, -0.25) is 0 Å². The number of hydrogen-bond acceptors (Lipinski definition) is 5. The molecule has 106 valence electrons. The van der Waals surface area contributed by atoms with Gasteiger partial charge in [-0.2, -0.15) is 0 Å². The third-order valence-electron chi connectivity index (χ3n) is 3.34. The molecule has 0 bridgehead atoms. The second-order valence-corrected chi connectivity index (χ2v) is 4.82. The summed E-state index contributed by atoms with van der Waals surface area (Å²) in [6.45, 7) is 10.7. The van der Waals surface area contributed by atoms with Gasteiger partial charge in [0.05, 0.1) is 13.2 Å². The molecule has 1 aromatic heterocycles. The van der Waals surface area contributed by atoms with E-state index in [2.05, 4.69) is 36.0 Å². The minimum Gasteiger partial charge on any atom is -0.378 e. The van der Waals surface area contributed by atoms with Crippen molar-refractivity contribution in [3.8, 4) is 0 Å². The lowest BCUT2D eigenvalue weighted by atomic mass is 10.2. The Morgan fingerprint density at radius 2 is 1.95 bits per heavy atom. The molecule has 0 radical (unpaired) electrons. The maximum atomic E-state index is 5.41. The molecule has 0 spiro atoms. The van der Waals surface area contributed by atoms with E-state index in [1.165, 1.54) is 0 Å². The topological polar surface area (TPSA) is 50.3 Å². The Hall–Kier alpha value is -1.36. The van der Waals surface area contributed by atoms with Crippen molar-refractivity contribution in [2.45, 2.75) is 33.6 Å². The first-order valence-electron chi connectivity index (χ1n) is 7.20. The van der Waals surface area contributed by atoms with Crippen LogP contribution in [-0.4, -0.2) is 42.8 Å². The Labute approximate surface area is 115 Å². The predicted molar refractivity (Wildman–Crippen MR) is 78.0 cm³/mol. The molecule has 1 N–H and O–H groups in total. The summed E-state index contributed by atoms with van der Waals surface area (Å²) in [4.78, 5) is 11.6. The molecule has 1 aliphatic heterocycles. The molecular weight excluding hydrogens is 240 g/mol. The van der Waals surface area contributed by atoms with Crippen molar-refractivity contribution in [1.29, 1.82) is 0 Å². The number of morpholine rings is 1. The minimum absolute atomic E-state index is 0.780. The van der Waals surface area contributed by atoms with Crippen LogP contribution in [0.4, 0.5) is 11.6 Å². The molecule has 1 aliphatic rings. The highest BCUT2D eigenvalue weighted by molar-refractivity contribution is 5.58. The van der Waals surface area contributed by atoms with Crippen molar-refractivity contribution in [1.82, 2.24) is 9.97 Å². The van der Waals surface area contributed by atoms with E-state index in [0.717, 1.165) is 68.7 Å². The Morgan fingerprint density at radius 3 is 2.58 bits per heavy atom. The molecule has 5 heteroatoms. The molecule has 0 aromatic carbocycles. The number of aromatic nitrogens is 2. The van der Waals surface area contributed by atoms with Gasteiger partial charge < -0.3 is 15.0 Å². The number of aryl methyl sites for hydroxylation is 1. The summed E-state index contributed by atoms with van der Waals surface area (Å²) >= 11 is 0. The molecule has 0 saturated carbocycles. The largest absolute Gasteiger partial charge is 0.378 e. The van der Waals surface area contributed by atoms with Gasteiger partial charge >= 0.3 is 0 Å². The first-order valence-corrected chi connectivity index (χ1v) is 7.20. The van der Waals surface area contributed by atoms with Gasteiger partial charge in [0.1, 0.15) is 17.5 Å². The summed E-state index contributed by atoms with van der Waals surface area (Å²) < 4.78 is 5.41. The van der Waals surface area contributed by atoms with Crippen molar-refractivity contribution in [2.75, 3.05) is 43.1 Å². The SMILES string of the molecule is CCCNc1nc(CC)nc(N2CCOCC2)c1C. The summed E-state index contributed by atoms with van der Waals surface area (Å²) in [6.07, 6.45) is 1.95. The van der Waals surface area contributed by atoms with Gasteiger partial charge in [0.25, 0.3) is 0 Å². The molecule has 0 aliphatic carbocycles. The Balaban J connectivity index is 2.29. The van der Waals surface area contributed by atoms with Crippen LogP contribution in [0, 0.1) is 6.92 Å². The second-order valence-electron chi connectivity index (χ2n) is 4.82. The van der Waals surface area contributed by atoms with Gasteiger partial charge in [0.2, 0.25) is 0 Å². The third-order valence-corrected chi connectivity index (χ3v) is 3.34. The van der Waals surface area contributed by atoms with Crippen molar-refractivity contribution in [3.05, 3.63) is 11.4 Å². The molecule has 1 saturated heterocycles. The van der Waals surface area contributed by atoms with Gasteiger partial charge in [0, 0.05) is 31.6 Å². The molecule has 2 rings (SSSR count). The van der Waals surface area contributed by atoms with Crippen LogP contribution in [0.15, 0.2) is 0 Å². The highest BCUT2D eigenvalue weighted by atomic mass is 16.5. The number of nitrogens with one attached hydrogen (secondary N) is 1. The first kappa shape index (κ1) is 14.1. The molecule has 0 atom stereocenters. The third kappa shape index (κ3) is 3.35. The Bertz CT molecular complexity index is 416. The van der Waals surface area contributed by atoms with Crippen molar-refractivity contribution in [3.63, 3.8) is 0 Å². The van der Waals surface area contributed by atoms with Gasteiger partial charge in [0.15, 0.2) is 0 Å². The van der Waals surface area contributed by atoms with E-state index in [4.69, 9.17) is 9.72 Å². The van der Waals surface area contributed by atoms with E-state index in [0.29, 0.717) is 0 Å². The summed E-state index contributed by atoms with van der Waals surface area (Å²) in [5, 5.41) is 3.41. The van der Waals surface area contributed by atoms with Crippen LogP contribution in [0.2, 0.25) is 0 Å². The maximum Gasteiger partial charge on any atom is 0.137 e. The molecule has 19 heavy (non-hydrogen) atoms. The van der Waals surface area contributed by atoms with Crippen LogP contribution in [0.1, 0.15) is 31.7 Å². The van der Waals surface area contributed by atoms with Gasteiger partial charge in [-0.15, -0.1) is 0 Å². The number of anilines is 2. The van der Waals surface area contributed by atoms with E-state index in [1.54, 1.807) is 0 Å².